The molecule has 1 aromatic carbocycles. The van der Waals surface area contributed by atoms with Crippen molar-refractivity contribution in [2.24, 2.45) is 0 Å². The summed E-state index contributed by atoms with van der Waals surface area (Å²) in [6, 6.07) is 8.25. The number of carbonyl (C=O) groups excluding carboxylic acids is 1. The number of carbonyl (C=O) groups is 1. The van der Waals surface area contributed by atoms with Crippen molar-refractivity contribution < 1.29 is 42.8 Å². The Morgan fingerprint density at radius 3 is 2.58 bits per heavy atom. The Kier molecular flexibility index (Phi) is 9.32. The SMILES string of the molecule is C#CC1(O)C(O)C(COP(=O)(NC(C)C(=O)OC(C)C)Oc2ccccc2)OC1n1ccc(OC)nc1=O. The van der Waals surface area contributed by atoms with E-state index in [0.717, 1.165) is 4.57 Å². The molecule has 2 aromatic rings. The van der Waals surface area contributed by atoms with Crippen LogP contribution in [0.1, 0.15) is 27.0 Å². The molecule has 14 heteroatoms. The van der Waals surface area contributed by atoms with Crippen LogP contribution in [0.25, 0.3) is 0 Å². The molecule has 0 aliphatic carbocycles. The number of terminal acetylenes is 1. The molecule has 13 nitrogen and oxygen atoms in total. The summed E-state index contributed by atoms with van der Waals surface area (Å²) in [6.07, 6.45) is 1.59. The summed E-state index contributed by atoms with van der Waals surface area (Å²) in [5.74, 6) is 1.53. The largest absolute Gasteiger partial charge is 0.481 e. The van der Waals surface area contributed by atoms with Gasteiger partial charge in [0, 0.05) is 12.3 Å². The predicted octanol–water partition coefficient (Wildman–Crippen LogP) is 1.01. The number of methoxy groups -OCH3 is 1. The van der Waals surface area contributed by atoms with Gasteiger partial charge in [0.25, 0.3) is 0 Å². The van der Waals surface area contributed by atoms with Gasteiger partial charge in [-0.2, -0.15) is 10.1 Å². The van der Waals surface area contributed by atoms with Crippen molar-refractivity contribution in [3.63, 3.8) is 0 Å². The Bertz CT molecular complexity index is 1260. The van der Waals surface area contributed by atoms with Gasteiger partial charge in [0.15, 0.2) is 11.8 Å². The zero-order chi connectivity index (χ0) is 28.1. The van der Waals surface area contributed by atoms with E-state index in [0.29, 0.717) is 0 Å². The highest BCUT2D eigenvalue weighted by atomic mass is 31.2. The topological polar surface area (TPSA) is 168 Å². The van der Waals surface area contributed by atoms with Crippen LogP contribution in [0.15, 0.2) is 47.4 Å². The second kappa shape index (κ2) is 12.1. The van der Waals surface area contributed by atoms with Gasteiger partial charge in [-0.1, -0.05) is 24.1 Å². The lowest BCUT2D eigenvalue weighted by Crippen LogP contribution is -2.47. The number of rotatable bonds is 11. The van der Waals surface area contributed by atoms with Crippen LogP contribution >= 0.6 is 7.75 Å². The molecule has 6 atom stereocenters. The van der Waals surface area contributed by atoms with Crippen LogP contribution in [0, 0.1) is 12.3 Å². The lowest BCUT2D eigenvalue weighted by molar-refractivity contribution is -0.149. The first-order valence-electron chi connectivity index (χ1n) is 11.6. The molecule has 0 spiro atoms. The van der Waals surface area contributed by atoms with E-state index in [-0.39, 0.29) is 11.6 Å². The standard InChI is InChI=1S/C24H30N3O10P/c1-6-24(31)20(28)18(36-22(24)27-13-12-19(33-5)25-23(27)30)14-34-38(32,37-17-10-8-7-9-11-17)26-16(4)21(29)35-15(2)3/h1,7-13,15-16,18,20,22,28,31H,14H2,2-5H3,(H,26,32). The number of nitrogens with one attached hydrogen (secondary N) is 1. The summed E-state index contributed by atoms with van der Waals surface area (Å²) in [5, 5.41) is 24.3. The Morgan fingerprint density at radius 2 is 2.00 bits per heavy atom. The maximum atomic E-state index is 13.7. The molecule has 0 radical (unpaired) electrons. The van der Waals surface area contributed by atoms with Crippen LogP contribution in [0.4, 0.5) is 0 Å². The van der Waals surface area contributed by atoms with E-state index in [1.54, 1.807) is 32.0 Å². The van der Waals surface area contributed by atoms with Crippen molar-refractivity contribution in [2.45, 2.75) is 57.0 Å². The van der Waals surface area contributed by atoms with Gasteiger partial charge in [0.1, 0.15) is 24.0 Å². The molecule has 2 heterocycles. The predicted molar refractivity (Wildman–Crippen MR) is 133 cm³/mol. The molecule has 1 saturated heterocycles. The number of hydrogen-bond acceptors (Lipinski definition) is 11. The second-order valence-electron chi connectivity index (χ2n) is 8.64. The van der Waals surface area contributed by atoms with Gasteiger partial charge in [-0.3, -0.25) is 13.9 Å². The molecule has 0 bridgehead atoms. The van der Waals surface area contributed by atoms with Crippen molar-refractivity contribution in [1.29, 1.82) is 0 Å². The summed E-state index contributed by atoms with van der Waals surface area (Å²) >= 11 is 0. The van der Waals surface area contributed by atoms with Crippen molar-refractivity contribution >= 4 is 13.7 Å². The maximum absolute atomic E-state index is 13.7. The number of nitrogens with zero attached hydrogens (tertiary/aromatic N) is 2. The van der Waals surface area contributed by atoms with Crippen LogP contribution in [0.2, 0.25) is 0 Å². The van der Waals surface area contributed by atoms with E-state index in [1.165, 1.54) is 38.4 Å². The highest BCUT2D eigenvalue weighted by Crippen LogP contribution is 2.46. The quantitative estimate of drug-likeness (QED) is 0.206. The van der Waals surface area contributed by atoms with Gasteiger partial charge in [-0.05, 0) is 32.9 Å². The molecule has 1 aliphatic rings. The average molecular weight is 551 g/mol. The number of aliphatic hydroxyl groups excluding tert-OH is 1. The first kappa shape index (κ1) is 29.3. The number of benzene rings is 1. The highest BCUT2D eigenvalue weighted by Gasteiger charge is 2.56. The summed E-state index contributed by atoms with van der Waals surface area (Å²) in [7, 11) is -2.99. The highest BCUT2D eigenvalue weighted by molar-refractivity contribution is 7.52. The van der Waals surface area contributed by atoms with Crippen LogP contribution in [0.5, 0.6) is 11.6 Å². The van der Waals surface area contributed by atoms with Gasteiger partial charge in [0.2, 0.25) is 5.88 Å². The molecule has 6 unspecified atom stereocenters. The van der Waals surface area contributed by atoms with Crippen LogP contribution < -0.4 is 20.0 Å². The third-order valence-corrected chi connectivity index (χ3v) is 7.06. The molecule has 0 amide bonds. The lowest BCUT2D eigenvalue weighted by Gasteiger charge is -2.26. The minimum absolute atomic E-state index is 0.0177. The second-order valence-corrected chi connectivity index (χ2v) is 10.3. The Hall–Kier alpha value is -3.24. The zero-order valence-electron chi connectivity index (χ0n) is 21.2. The van der Waals surface area contributed by atoms with Gasteiger partial charge >= 0.3 is 19.4 Å². The van der Waals surface area contributed by atoms with Gasteiger partial charge < -0.3 is 28.9 Å². The zero-order valence-corrected chi connectivity index (χ0v) is 22.1. The summed E-state index contributed by atoms with van der Waals surface area (Å²) < 4.78 is 41.4. The average Bonchev–Trinajstić information content (AvgIpc) is 3.13. The lowest BCUT2D eigenvalue weighted by atomic mass is 9.95. The van der Waals surface area contributed by atoms with Gasteiger partial charge in [-0.25, -0.2) is 9.36 Å². The van der Waals surface area contributed by atoms with Crippen LogP contribution in [0.3, 0.4) is 0 Å². The van der Waals surface area contributed by atoms with E-state index in [9.17, 15) is 24.4 Å². The van der Waals surface area contributed by atoms with E-state index in [2.05, 4.69) is 16.0 Å². The Balaban J connectivity index is 1.83. The van der Waals surface area contributed by atoms with E-state index in [4.69, 9.17) is 29.7 Å². The van der Waals surface area contributed by atoms with Crippen LogP contribution in [-0.4, -0.2) is 69.4 Å². The smallest absolute Gasteiger partial charge is 0.459 e. The first-order valence-corrected chi connectivity index (χ1v) is 13.1. The summed E-state index contributed by atoms with van der Waals surface area (Å²) in [4.78, 5) is 28.5. The van der Waals surface area contributed by atoms with Gasteiger partial charge in [0.05, 0.1) is 19.8 Å². The number of hydrogen-bond donors (Lipinski definition) is 3. The van der Waals surface area contributed by atoms with E-state index in [1.807, 2.05) is 0 Å². The van der Waals surface area contributed by atoms with Crippen molar-refractivity contribution in [3.05, 3.63) is 53.1 Å². The monoisotopic (exact) mass is 551 g/mol. The van der Waals surface area contributed by atoms with Crippen molar-refractivity contribution in [1.82, 2.24) is 14.6 Å². The van der Waals surface area contributed by atoms with Crippen molar-refractivity contribution in [3.8, 4) is 24.0 Å². The molecular weight excluding hydrogens is 521 g/mol. The molecule has 206 valence electrons. The normalized spacial score (nSPS) is 25.3. The molecule has 1 aromatic heterocycles. The first-order chi connectivity index (χ1) is 17.9. The minimum atomic E-state index is -4.31. The Labute approximate surface area is 219 Å². The molecule has 38 heavy (non-hydrogen) atoms. The number of esters is 1. The van der Waals surface area contributed by atoms with Gasteiger partial charge in [-0.15, -0.1) is 6.42 Å². The molecule has 3 N–H and O–H groups in total. The number of aliphatic hydroxyl groups is 2. The van der Waals surface area contributed by atoms with E-state index >= 15 is 0 Å². The van der Waals surface area contributed by atoms with Crippen molar-refractivity contribution in [2.75, 3.05) is 13.7 Å². The molecular formula is C24H30N3O10P. The molecule has 0 saturated carbocycles. The minimum Gasteiger partial charge on any atom is -0.481 e. The fourth-order valence-electron chi connectivity index (χ4n) is 3.53. The molecule has 3 rings (SSSR count). The number of aromatic nitrogens is 2. The molecule has 1 fully saturated rings. The molecule has 1 aliphatic heterocycles. The number of ether oxygens (including phenoxy) is 3. The third kappa shape index (κ3) is 6.60. The number of para-hydroxylation sites is 1. The third-order valence-electron chi connectivity index (χ3n) is 5.42. The maximum Gasteiger partial charge on any atom is 0.459 e. The van der Waals surface area contributed by atoms with Crippen LogP contribution in [-0.2, 0) is 23.4 Å². The summed E-state index contributed by atoms with van der Waals surface area (Å²) in [6.45, 7) is 4.11. The van der Waals surface area contributed by atoms with E-state index < -0.39 is 62.2 Å². The summed E-state index contributed by atoms with van der Waals surface area (Å²) in [5.41, 5.74) is -3.24. The fraction of sp³-hybridized carbons (Fsp3) is 0.458. The Morgan fingerprint density at radius 1 is 1.32 bits per heavy atom. The fourth-order valence-corrected chi connectivity index (χ4v) is 5.04.